The molecule has 1 aromatic heterocycles. The minimum atomic E-state index is -10.7. The summed E-state index contributed by atoms with van der Waals surface area (Å²) in [5.41, 5.74) is 7.40. The fourth-order valence-electron chi connectivity index (χ4n) is 3.50. The van der Waals surface area contributed by atoms with Crippen molar-refractivity contribution in [2.45, 2.75) is 0 Å². The topological polar surface area (TPSA) is 41.6 Å². The summed E-state index contributed by atoms with van der Waals surface area (Å²) in [6.45, 7) is 0. The van der Waals surface area contributed by atoms with Gasteiger partial charge in [-0.05, 0) is 33.4 Å². The van der Waals surface area contributed by atoms with E-state index in [1.165, 1.54) is 33.4 Å². The van der Waals surface area contributed by atoms with Gasteiger partial charge in [0.25, 0.3) is 0 Å². The normalized spacial score (nSPS) is 12.4. The van der Waals surface area contributed by atoms with E-state index >= 15 is 0 Å². The first kappa shape index (κ1) is 28.3. The Morgan fingerprint density at radius 2 is 0.763 bits per heavy atom. The molecule has 38 heavy (non-hydrogen) atoms. The molecular formula is C28H24F6N3P. The Bertz CT molecular complexity index is 1220. The van der Waals surface area contributed by atoms with Gasteiger partial charge in [-0.3, -0.25) is 5.10 Å². The number of benzene rings is 4. The molecule has 0 aliphatic rings. The third-order valence-corrected chi connectivity index (χ3v) is 4.83. The maximum absolute atomic E-state index is 10.7. The number of nitrogens with one attached hydrogen (secondary N) is 1. The zero-order chi connectivity index (χ0) is 27.6. The molecule has 1 heterocycles. The number of aromatic nitrogens is 3. The molecule has 0 amide bonds. The van der Waals surface area contributed by atoms with Crippen LogP contribution in [0.2, 0.25) is 0 Å². The summed E-state index contributed by atoms with van der Waals surface area (Å²) < 4.78 is 59.2. The van der Waals surface area contributed by atoms with Crippen molar-refractivity contribution in [2.75, 3.05) is 0 Å². The molecule has 0 aliphatic carbocycles. The standard InChI is InChI=1S/C26H20.C2H3N3.F6P/c1-5-13-21(14-6-1)25(22-15-7-2-8-16-22)26(23-17-9-3-10-18-23)24-19-11-4-12-20-24;1-2-4-5-3-1;1-7(2,3,4,5)6/h1-20H;1-2H,(H,3,4,5);/q;;-1/p+1. The third-order valence-electron chi connectivity index (χ3n) is 4.83. The number of hydrogen-bond donors (Lipinski definition) is 1. The Balaban J connectivity index is 0.000000342. The van der Waals surface area contributed by atoms with Crippen LogP contribution in [0.1, 0.15) is 23.7 Å². The molecular weight excluding hydrogens is 523 g/mol. The van der Waals surface area contributed by atoms with Gasteiger partial charge in [0.1, 0.15) is 0 Å². The number of hydrogen-bond acceptors (Lipinski definition) is 2. The van der Waals surface area contributed by atoms with Crippen molar-refractivity contribution < 1.29 is 26.6 Å². The molecule has 5 aromatic rings. The average Bonchev–Trinajstić information content (AvgIpc) is 3.48. The summed E-state index contributed by atoms with van der Waals surface area (Å²) in [5, 5.41) is 9.26. The van der Waals surface area contributed by atoms with E-state index in [2.05, 4.69) is 137 Å². The summed E-state index contributed by atoms with van der Waals surface area (Å²) >= 11 is 0. The molecule has 0 fully saturated rings. The molecule has 5 rings (SSSR count). The van der Waals surface area contributed by atoms with Gasteiger partial charge in [0, 0.05) is 6.20 Å². The third kappa shape index (κ3) is 10.8. The molecule has 10 heteroatoms. The predicted octanol–water partition coefficient (Wildman–Crippen LogP) is 9.99. The first-order valence-corrected chi connectivity index (χ1v) is 13.2. The van der Waals surface area contributed by atoms with Crippen LogP contribution >= 0.6 is 7.81 Å². The van der Waals surface area contributed by atoms with Crippen LogP contribution in [0.5, 0.6) is 0 Å². The van der Waals surface area contributed by atoms with E-state index in [1.807, 2.05) is 0 Å². The molecule has 0 unspecified atom stereocenters. The van der Waals surface area contributed by atoms with Crippen LogP contribution in [0.25, 0.3) is 11.1 Å². The maximum Gasteiger partial charge on any atom is 1.00 e. The Morgan fingerprint density at radius 1 is 0.500 bits per heavy atom. The van der Waals surface area contributed by atoms with Gasteiger partial charge >= 0.3 is 34.4 Å². The SMILES string of the molecule is F[P-](F)(F)(F)(F)F.[H+].c1c[nH]nn1.c1ccc(C(=C(c2ccccc2)c2ccccc2)c2ccccc2)cc1. The summed E-state index contributed by atoms with van der Waals surface area (Å²) in [5.74, 6) is 0. The Labute approximate surface area is 217 Å². The van der Waals surface area contributed by atoms with Gasteiger partial charge in [0.15, 0.2) is 0 Å². The molecule has 0 saturated carbocycles. The van der Waals surface area contributed by atoms with Crippen LogP contribution < -0.4 is 0 Å². The smallest absolute Gasteiger partial charge is 0.266 e. The molecule has 1 N–H and O–H groups in total. The molecule has 0 saturated heterocycles. The minimum Gasteiger partial charge on any atom is -0.266 e. The Morgan fingerprint density at radius 3 is 0.921 bits per heavy atom. The molecule has 0 bridgehead atoms. The van der Waals surface area contributed by atoms with Gasteiger partial charge in [0.05, 0.1) is 6.20 Å². The van der Waals surface area contributed by atoms with E-state index in [1.54, 1.807) is 12.4 Å². The van der Waals surface area contributed by atoms with Crippen molar-refractivity contribution in [1.29, 1.82) is 0 Å². The summed E-state index contributed by atoms with van der Waals surface area (Å²) in [7, 11) is -10.7. The second-order valence-corrected chi connectivity index (χ2v) is 9.75. The van der Waals surface area contributed by atoms with Gasteiger partial charge in [-0.15, -0.1) is 5.10 Å². The Kier molecular flexibility index (Phi) is 8.53. The quantitative estimate of drug-likeness (QED) is 0.138. The number of halogens is 6. The van der Waals surface area contributed by atoms with E-state index in [4.69, 9.17) is 0 Å². The van der Waals surface area contributed by atoms with Crippen molar-refractivity contribution in [1.82, 2.24) is 15.4 Å². The van der Waals surface area contributed by atoms with Gasteiger partial charge in [0.2, 0.25) is 0 Å². The first-order valence-electron chi connectivity index (χ1n) is 11.2. The monoisotopic (exact) mass is 547 g/mol. The number of rotatable bonds is 4. The maximum atomic E-state index is 9.87. The molecule has 3 nitrogen and oxygen atoms in total. The van der Waals surface area contributed by atoms with Gasteiger partial charge in [-0.1, -0.05) is 127 Å². The molecule has 0 aliphatic heterocycles. The van der Waals surface area contributed by atoms with Gasteiger partial charge < -0.3 is 0 Å². The van der Waals surface area contributed by atoms with Crippen molar-refractivity contribution in [2.24, 2.45) is 0 Å². The van der Waals surface area contributed by atoms with Crippen LogP contribution in [0.15, 0.2) is 134 Å². The van der Waals surface area contributed by atoms with E-state index < -0.39 is 7.81 Å². The summed E-state index contributed by atoms with van der Waals surface area (Å²) in [6, 6.07) is 42.6. The van der Waals surface area contributed by atoms with Crippen molar-refractivity contribution >= 4 is 19.0 Å². The van der Waals surface area contributed by atoms with E-state index in [0.717, 1.165) is 0 Å². The van der Waals surface area contributed by atoms with Crippen LogP contribution in [-0.2, 0) is 0 Å². The van der Waals surface area contributed by atoms with Crippen LogP contribution in [0.3, 0.4) is 0 Å². The van der Waals surface area contributed by atoms with Crippen molar-refractivity contribution in [3.8, 4) is 0 Å². The largest absolute Gasteiger partial charge is 1.00 e. The van der Waals surface area contributed by atoms with Gasteiger partial charge in [-0.25, -0.2) is 0 Å². The van der Waals surface area contributed by atoms with Crippen molar-refractivity contribution in [3.63, 3.8) is 0 Å². The number of nitrogens with zero attached hydrogens (tertiary/aromatic N) is 2. The Hall–Kier alpha value is -4.23. The molecule has 0 radical (unpaired) electrons. The fraction of sp³-hybridized carbons (Fsp3) is 0. The van der Waals surface area contributed by atoms with Crippen LogP contribution in [0, 0.1) is 0 Å². The van der Waals surface area contributed by atoms with Crippen molar-refractivity contribution in [3.05, 3.63) is 156 Å². The van der Waals surface area contributed by atoms with E-state index in [0.29, 0.717) is 0 Å². The second-order valence-electron chi connectivity index (χ2n) is 7.83. The molecule has 0 spiro atoms. The summed E-state index contributed by atoms with van der Waals surface area (Å²) in [6.07, 6.45) is 3.24. The first-order chi connectivity index (χ1) is 17.9. The number of H-pyrrole nitrogens is 1. The van der Waals surface area contributed by atoms with E-state index in [9.17, 15) is 25.2 Å². The second kappa shape index (κ2) is 11.4. The zero-order valence-electron chi connectivity index (χ0n) is 20.8. The van der Waals surface area contributed by atoms with E-state index in [-0.39, 0.29) is 1.43 Å². The number of aromatic amines is 1. The zero-order valence-corrected chi connectivity index (χ0v) is 20.7. The predicted molar refractivity (Wildman–Crippen MR) is 142 cm³/mol. The molecule has 198 valence electrons. The average molecular weight is 547 g/mol. The molecule has 0 atom stereocenters. The van der Waals surface area contributed by atoms with Crippen LogP contribution in [0.4, 0.5) is 25.2 Å². The fourth-order valence-corrected chi connectivity index (χ4v) is 3.50. The molecule has 4 aromatic carbocycles. The van der Waals surface area contributed by atoms with Gasteiger partial charge in [-0.2, -0.15) is 0 Å². The van der Waals surface area contributed by atoms with Crippen LogP contribution in [-0.4, -0.2) is 15.4 Å². The summed E-state index contributed by atoms with van der Waals surface area (Å²) in [4.78, 5) is 0. The minimum absolute atomic E-state index is 0.